The van der Waals surface area contributed by atoms with Gasteiger partial charge in [0.25, 0.3) is 0 Å². The summed E-state index contributed by atoms with van der Waals surface area (Å²) in [5.41, 5.74) is 5.35. The number of aliphatic hydroxyl groups is 1. The van der Waals surface area contributed by atoms with Crippen molar-refractivity contribution >= 4 is 13.8 Å². The van der Waals surface area contributed by atoms with Crippen LogP contribution in [0.5, 0.6) is 0 Å². The molecule has 0 radical (unpaired) electrons. The van der Waals surface area contributed by atoms with Crippen LogP contribution in [-0.4, -0.2) is 54.5 Å². The summed E-state index contributed by atoms with van der Waals surface area (Å²) in [5.74, 6) is -0.363. The van der Waals surface area contributed by atoms with E-state index in [1.54, 1.807) is 6.26 Å². The molecule has 0 spiro atoms. The maximum Gasteiger partial charge on any atom is 0.472 e. The normalized spacial score (nSPS) is 14.8. The fourth-order valence-corrected chi connectivity index (χ4v) is 5.92. The molecular weight excluding hydrogens is 689 g/mol. The number of nitrogens with two attached hydrogens (primary N) is 1. The molecule has 306 valence electrons. The minimum Gasteiger partial charge on any atom is -0.492 e. The standard InChI is InChI=1S/C43H76NO8P/c1-3-5-6-7-8-9-10-11-12-13-17-20-23-26-29-32-37-49-42(40-52-53(47,48)51-38-36-44)39-50-43(46)35-31-28-25-22-19-16-14-15-18-21-24-27-30-34-41(45)33-4-2/h11-12,14,16,18,21-22,25,27,30,32,37,41-42,45H,3-10,13,15,17,19-20,23-24,26,28-29,31,33-36,38-40,44H2,1-2H3,(H,47,48)/b12-11-,16-14-,21-18-,25-22-,30-27-,37-32+/t41?,42-/m1/s1. The Labute approximate surface area is 323 Å². The number of unbranched alkanes of at least 4 members (excludes halogenated alkanes) is 12. The largest absolute Gasteiger partial charge is 0.492 e. The van der Waals surface area contributed by atoms with Crippen LogP contribution in [0.4, 0.5) is 0 Å². The molecule has 0 heterocycles. The van der Waals surface area contributed by atoms with Crippen LogP contribution in [0.3, 0.4) is 0 Å². The molecule has 4 N–H and O–H groups in total. The van der Waals surface area contributed by atoms with Crippen LogP contribution in [0, 0.1) is 0 Å². The van der Waals surface area contributed by atoms with Crippen molar-refractivity contribution < 1.29 is 37.9 Å². The van der Waals surface area contributed by atoms with E-state index in [-0.39, 0.29) is 44.9 Å². The Bertz CT molecular complexity index is 1050. The molecule has 0 aliphatic heterocycles. The molecule has 10 heteroatoms. The lowest BCUT2D eigenvalue weighted by Crippen LogP contribution is -2.25. The molecule has 0 rings (SSSR count). The van der Waals surface area contributed by atoms with Gasteiger partial charge in [-0.1, -0.05) is 126 Å². The molecule has 0 aromatic rings. The van der Waals surface area contributed by atoms with Crippen LogP contribution in [0.15, 0.2) is 73.1 Å². The number of carbonyl (C=O) groups excluding carboxylic acids is 1. The van der Waals surface area contributed by atoms with Crippen molar-refractivity contribution in [3.63, 3.8) is 0 Å². The van der Waals surface area contributed by atoms with E-state index in [1.807, 2.05) is 12.2 Å². The summed E-state index contributed by atoms with van der Waals surface area (Å²) in [6.45, 7) is 3.90. The van der Waals surface area contributed by atoms with Gasteiger partial charge in [0.2, 0.25) is 0 Å². The quantitative estimate of drug-likeness (QED) is 0.0184. The van der Waals surface area contributed by atoms with Crippen molar-refractivity contribution in [3.8, 4) is 0 Å². The molecule has 2 unspecified atom stereocenters. The lowest BCUT2D eigenvalue weighted by molar-refractivity contribution is -0.147. The van der Waals surface area contributed by atoms with Gasteiger partial charge in [-0.05, 0) is 89.5 Å². The van der Waals surface area contributed by atoms with Crippen LogP contribution in [0.2, 0.25) is 0 Å². The van der Waals surface area contributed by atoms with E-state index in [4.69, 9.17) is 24.3 Å². The fourth-order valence-electron chi connectivity index (χ4n) is 5.16. The second-order valence-electron chi connectivity index (χ2n) is 13.4. The highest BCUT2D eigenvalue weighted by molar-refractivity contribution is 7.47. The van der Waals surface area contributed by atoms with Gasteiger partial charge >= 0.3 is 13.8 Å². The fraction of sp³-hybridized carbons (Fsp3) is 0.698. The summed E-state index contributed by atoms with van der Waals surface area (Å²) in [4.78, 5) is 22.2. The van der Waals surface area contributed by atoms with Crippen molar-refractivity contribution in [2.75, 3.05) is 26.4 Å². The van der Waals surface area contributed by atoms with E-state index in [0.29, 0.717) is 6.42 Å². The molecule has 53 heavy (non-hydrogen) atoms. The van der Waals surface area contributed by atoms with Gasteiger partial charge < -0.3 is 25.2 Å². The third-order valence-corrected chi connectivity index (χ3v) is 9.23. The Morgan fingerprint density at radius 1 is 0.660 bits per heavy atom. The molecule has 0 bridgehead atoms. The summed E-state index contributed by atoms with van der Waals surface area (Å²) in [6, 6.07) is 0. The minimum absolute atomic E-state index is 0.0826. The van der Waals surface area contributed by atoms with Crippen molar-refractivity contribution in [3.05, 3.63) is 73.1 Å². The van der Waals surface area contributed by atoms with Gasteiger partial charge in [-0.3, -0.25) is 13.8 Å². The number of carbonyl (C=O) groups is 1. The Morgan fingerprint density at radius 3 is 1.79 bits per heavy atom. The predicted molar refractivity (Wildman–Crippen MR) is 220 cm³/mol. The van der Waals surface area contributed by atoms with Gasteiger partial charge in [0, 0.05) is 13.0 Å². The number of ether oxygens (including phenoxy) is 2. The monoisotopic (exact) mass is 766 g/mol. The van der Waals surface area contributed by atoms with Gasteiger partial charge in [0.1, 0.15) is 6.61 Å². The number of hydrogen-bond acceptors (Lipinski definition) is 8. The second-order valence-corrected chi connectivity index (χ2v) is 14.8. The Balaban J connectivity index is 4.26. The first-order valence-electron chi connectivity index (χ1n) is 20.6. The zero-order valence-electron chi connectivity index (χ0n) is 33.3. The van der Waals surface area contributed by atoms with Crippen LogP contribution in [0.25, 0.3) is 0 Å². The number of phosphoric acid groups is 1. The van der Waals surface area contributed by atoms with Crippen molar-refractivity contribution in [2.45, 2.75) is 167 Å². The average molecular weight is 766 g/mol. The van der Waals surface area contributed by atoms with Gasteiger partial charge in [0.15, 0.2) is 6.10 Å². The van der Waals surface area contributed by atoms with Gasteiger partial charge in [-0.25, -0.2) is 4.57 Å². The van der Waals surface area contributed by atoms with E-state index in [9.17, 15) is 19.4 Å². The minimum atomic E-state index is -4.29. The van der Waals surface area contributed by atoms with E-state index in [2.05, 4.69) is 68.5 Å². The molecular formula is C43H76NO8P. The number of hydrogen-bond donors (Lipinski definition) is 3. The lowest BCUT2D eigenvalue weighted by Gasteiger charge is -2.19. The average Bonchev–Trinajstić information content (AvgIpc) is 3.14. The Morgan fingerprint density at radius 2 is 1.19 bits per heavy atom. The molecule has 0 aromatic heterocycles. The summed E-state index contributed by atoms with van der Waals surface area (Å²) in [6.07, 6.45) is 46.5. The van der Waals surface area contributed by atoms with Crippen molar-refractivity contribution in [1.82, 2.24) is 0 Å². The highest BCUT2D eigenvalue weighted by Gasteiger charge is 2.24. The number of allylic oxidation sites excluding steroid dienone is 10. The van der Waals surface area contributed by atoms with E-state index in [0.717, 1.165) is 70.6 Å². The maximum atomic E-state index is 12.4. The first-order valence-corrected chi connectivity index (χ1v) is 22.0. The topological polar surface area (TPSA) is 138 Å². The lowest BCUT2D eigenvalue weighted by atomic mass is 10.1. The second kappa shape index (κ2) is 39.4. The zero-order valence-corrected chi connectivity index (χ0v) is 34.2. The van der Waals surface area contributed by atoms with E-state index < -0.39 is 13.9 Å². The first-order chi connectivity index (χ1) is 25.8. The third kappa shape index (κ3) is 39.3. The number of aliphatic hydroxyl groups excluding tert-OH is 1. The molecule has 0 saturated heterocycles. The zero-order chi connectivity index (χ0) is 38.9. The molecule has 0 fully saturated rings. The van der Waals surface area contributed by atoms with Gasteiger partial charge in [0.05, 0.1) is 25.6 Å². The summed E-state index contributed by atoms with van der Waals surface area (Å²) in [7, 11) is -4.29. The van der Waals surface area contributed by atoms with Crippen LogP contribution < -0.4 is 5.73 Å². The first kappa shape index (κ1) is 50.7. The van der Waals surface area contributed by atoms with Gasteiger partial charge in [-0.15, -0.1) is 0 Å². The van der Waals surface area contributed by atoms with Crippen molar-refractivity contribution in [1.29, 1.82) is 0 Å². The molecule has 0 aromatic carbocycles. The molecule has 0 aliphatic carbocycles. The highest BCUT2D eigenvalue weighted by atomic mass is 31.2. The number of esters is 1. The molecule has 0 aliphatic rings. The summed E-state index contributed by atoms with van der Waals surface area (Å²) in [5, 5.41) is 9.72. The van der Waals surface area contributed by atoms with Crippen LogP contribution in [0.1, 0.15) is 155 Å². The Hall–Kier alpha value is -2.26. The molecule has 9 nitrogen and oxygen atoms in total. The summed E-state index contributed by atoms with van der Waals surface area (Å²) < 4.78 is 33.1. The Kier molecular flexibility index (Phi) is 37.8. The van der Waals surface area contributed by atoms with Crippen LogP contribution in [-0.2, 0) is 27.9 Å². The molecule has 0 saturated carbocycles. The SMILES string of the molecule is CCCCCCCC/C=C\CCCCCC/C=C/O[C@H](COC(=O)CCC/C=C\C/C=C\C/C=C\C/C=C\CC(O)CCC)COP(=O)(O)OCCN. The van der Waals surface area contributed by atoms with Crippen molar-refractivity contribution in [2.24, 2.45) is 5.73 Å². The summed E-state index contributed by atoms with van der Waals surface area (Å²) >= 11 is 0. The smallest absolute Gasteiger partial charge is 0.472 e. The van der Waals surface area contributed by atoms with Crippen LogP contribution >= 0.6 is 7.82 Å². The number of rotatable bonds is 38. The number of phosphoric ester groups is 1. The van der Waals surface area contributed by atoms with E-state index >= 15 is 0 Å². The molecule has 3 atom stereocenters. The maximum absolute atomic E-state index is 12.4. The third-order valence-electron chi connectivity index (χ3n) is 8.24. The molecule has 0 amide bonds. The predicted octanol–water partition coefficient (Wildman–Crippen LogP) is 11.3. The van der Waals surface area contributed by atoms with E-state index in [1.165, 1.54) is 57.8 Å². The van der Waals surface area contributed by atoms with Gasteiger partial charge in [-0.2, -0.15) is 0 Å². The highest BCUT2D eigenvalue weighted by Crippen LogP contribution is 2.43.